The number of ether oxygens (including phenoxy) is 2. The minimum absolute atomic E-state index is 0.139. The molecule has 0 saturated carbocycles. The molecular weight excluding hydrogens is 190 g/mol. The molecule has 0 spiro atoms. The van der Waals surface area contributed by atoms with Gasteiger partial charge in [-0.25, -0.2) is 4.90 Å². The molecule has 3 heteroatoms. The minimum Gasteiger partial charge on any atom is -0.361 e. The number of fused-ring (bicyclic) bond motifs is 1. The maximum atomic E-state index is 5.89. The lowest BCUT2D eigenvalue weighted by atomic mass is 10.0. The molecule has 0 N–H and O–H groups in total. The van der Waals surface area contributed by atoms with Crippen molar-refractivity contribution in [1.29, 1.82) is 0 Å². The van der Waals surface area contributed by atoms with Gasteiger partial charge in [-0.2, -0.15) is 0 Å². The molecule has 3 nitrogen and oxygen atoms in total. The molecule has 0 aromatic carbocycles. The van der Waals surface area contributed by atoms with Gasteiger partial charge in [-0.3, -0.25) is 0 Å². The van der Waals surface area contributed by atoms with E-state index in [2.05, 4.69) is 25.7 Å². The lowest BCUT2D eigenvalue weighted by Gasteiger charge is -2.31. The van der Waals surface area contributed by atoms with Crippen molar-refractivity contribution in [1.82, 2.24) is 4.90 Å². The van der Waals surface area contributed by atoms with Gasteiger partial charge in [-0.1, -0.05) is 26.7 Å². The van der Waals surface area contributed by atoms with Crippen LogP contribution in [0.5, 0.6) is 0 Å². The fraction of sp³-hybridized carbons (Fsp3) is 1.00. The maximum Gasteiger partial charge on any atom is 0.113 e. The van der Waals surface area contributed by atoms with Gasteiger partial charge in [0, 0.05) is 0 Å². The Bertz CT molecular complexity index is 202. The summed E-state index contributed by atoms with van der Waals surface area (Å²) in [5.41, 5.74) is 0.139. The first-order valence-corrected chi connectivity index (χ1v) is 6.23. The molecule has 0 aromatic heterocycles. The number of hydrogen-bond donors (Lipinski definition) is 0. The van der Waals surface area contributed by atoms with Gasteiger partial charge in [0.2, 0.25) is 0 Å². The van der Waals surface area contributed by atoms with E-state index in [-0.39, 0.29) is 5.54 Å². The lowest BCUT2D eigenvalue weighted by molar-refractivity contribution is -0.0640. The van der Waals surface area contributed by atoms with Gasteiger partial charge < -0.3 is 9.47 Å². The number of rotatable bonds is 4. The van der Waals surface area contributed by atoms with E-state index >= 15 is 0 Å². The Hall–Kier alpha value is -0.120. The Balaban J connectivity index is 2.07. The highest BCUT2D eigenvalue weighted by Gasteiger charge is 2.52. The highest BCUT2D eigenvalue weighted by molar-refractivity contribution is 4.98. The molecule has 2 heterocycles. The van der Waals surface area contributed by atoms with Crippen LogP contribution in [0.3, 0.4) is 0 Å². The minimum atomic E-state index is 0.139. The van der Waals surface area contributed by atoms with Gasteiger partial charge in [0.25, 0.3) is 0 Å². The van der Waals surface area contributed by atoms with Gasteiger partial charge in [0.1, 0.15) is 12.5 Å². The molecule has 2 aliphatic rings. The predicted octanol–water partition coefficient (Wildman–Crippen LogP) is 2.36. The van der Waals surface area contributed by atoms with E-state index in [4.69, 9.17) is 9.47 Å². The fourth-order valence-electron chi connectivity index (χ4n) is 2.72. The molecule has 2 saturated heterocycles. The van der Waals surface area contributed by atoms with Crippen molar-refractivity contribution < 1.29 is 9.47 Å². The second-order valence-electron chi connectivity index (χ2n) is 5.01. The molecular formula is C12H23NO2. The van der Waals surface area contributed by atoms with Crippen LogP contribution in [0.15, 0.2) is 0 Å². The first kappa shape index (κ1) is 11.4. The van der Waals surface area contributed by atoms with Crippen LogP contribution in [-0.4, -0.2) is 36.1 Å². The van der Waals surface area contributed by atoms with Crippen LogP contribution < -0.4 is 0 Å². The van der Waals surface area contributed by atoms with Crippen molar-refractivity contribution in [2.75, 3.05) is 13.2 Å². The van der Waals surface area contributed by atoms with Gasteiger partial charge in [0.15, 0.2) is 0 Å². The summed E-state index contributed by atoms with van der Waals surface area (Å²) < 4.78 is 11.8. The fourth-order valence-corrected chi connectivity index (χ4v) is 2.72. The van der Waals surface area contributed by atoms with Crippen molar-refractivity contribution in [3.63, 3.8) is 0 Å². The molecule has 15 heavy (non-hydrogen) atoms. The summed E-state index contributed by atoms with van der Waals surface area (Å²) >= 11 is 0. The third kappa shape index (κ3) is 1.93. The van der Waals surface area contributed by atoms with Crippen molar-refractivity contribution in [2.24, 2.45) is 0 Å². The maximum absolute atomic E-state index is 5.89. The first-order valence-electron chi connectivity index (χ1n) is 6.23. The van der Waals surface area contributed by atoms with Crippen LogP contribution in [-0.2, 0) is 9.47 Å². The number of nitrogens with zero attached hydrogens (tertiary/aromatic N) is 1. The molecule has 2 unspecified atom stereocenters. The molecule has 0 amide bonds. The summed E-state index contributed by atoms with van der Waals surface area (Å²) in [5, 5.41) is 0. The van der Waals surface area contributed by atoms with Crippen LogP contribution in [0.4, 0.5) is 0 Å². The standard InChI is InChI=1S/C12H23NO2/c1-4-6-10-13-11(7-5-2)15-9-12(13,3)8-14-10/h10-11H,4-9H2,1-3H3. The van der Waals surface area contributed by atoms with Crippen LogP contribution in [0.2, 0.25) is 0 Å². The van der Waals surface area contributed by atoms with Gasteiger partial charge in [0.05, 0.1) is 18.8 Å². The SMILES string of the molecule is CCCC1OCC2(C)COC(CCC)N12. The van der Waals surface area contributed by atoms with Gasteiger partial charge in [-0.15, -0.1) is 0 Å². The topological polar surface area (TPSA) is 21.7 Å². The highest BCUT2D eigenvalue weighted by Crippen LogP contribution is 2.38. The van der Waals surface area contributed by atoms with Crippen molar-refractivity contribution >= 4 is 0 Å². The molecule has 0 radical (unpaired) electrons. The Morgan fingerprint density at radius 2 is 1.53 bits per heavy atom. The zero-order valence-electron chi connectivity index (χ0n) is 10.2. The van der Waals surface area contributed by atoms with E-state index in [1.807, 2.05) is 0 Å². The summed E-state index contributed by atoms with van der Waals surface area (Å²) in [5.74, 6) is 0. The normalized spacial score (nSPS) is 41.0. The van der Waals surface area contributed by atoms with Crippen LogP contribution >= 0.6 is 0 Å². The third-order valence-corrected chi connectivity index (χ3v) is 3.49. The van der Waals surface area contributed by atoms with E-state index in [1.165, 1.54) is 12.8 Å². The third-order valence-electron chi connectivity index (χ3n) is 3.49. The second kappa shape index (κ2) is 4.40. The van der Waals surface area contributed by atoms with Crippen LogP contribution in [0, 0.1) is 0 Å². The van der Waals surface area contributed by atoms with Gasteiger partial charge in [-0.05, 0) is 19.8 Å². The van der Waals surface area contributed by atoms with E-state index in [1.54, 1.807) is 0 Å². The monoisotopic (exact) mass is 213 g/mol. The summed E-state index contributed by atoms with van der Waals surface area (Å²) in [6.45, 7) is 8.35. The molecule has 88 valence electrons. The molecule has 2 aliphatic heterocycles. The van der Waals surface area contributed by atoms with E-state index < -0.39 is 0 Å². The zero-order valence-corrected chi connectivity index (χ0v) is 10.2. The largest absolute Gasteiger partial charge is 0.361 e. The summed E-state index contributed by atoms with van der Waals surface area (Å²) in [6.07, 6.45) is 5.18. The molecule has 0 aliphatic carbocycles. The van der Waals surface area contributed by atoms with Crippen molar-refractivity contribution in [3.8, 4) is 0 Å². The summed E-state index contributed by atoms with van der Waals surface area (Å²) in [4.78, 5) is 2.47. The average molecular weight is 213 g/mol. The smallest absolute Gasteiger partial charge is 0.113 e. The van der Waals surface area contributed by atoms with E-state index in [0.717, 1.165) is 26.1 Å². The molecule has 2 atom stereocenters. The summed E-state index contributed by atoms with van der Waals surface area (Å²) in [6, 6.07) is 0. The predicted molar refractivity (Wildman–Crippen MR) is 59.5 cm³/mol. The zero-order chi connectivity index (χ0) is 10.9. The van der Waals surface area contributed by atoms with Crippen molar-refractivity contribution in [2.45, 2.75) is 64.4 Å². The van der Waals surface area contributed by atoms with E-state index in [9.17, 15) is 0 Å². The molecule has 0 bridgehead atoms. The molecule has 2 rings (SSSR count). The number of hydrogen-bond acceptors (Lipinski definition) is 3. The van der Waals surface area contributed by atoms with Crippen LogP contribution in [0.25, 0.3) is 0 Å². The van der Waals surface area contributed by atoms with Crippen LogP contribution in [0.1, 0.15) is 46.5 Å². The molecule has 0 aromatic rings. The second-order valence-corrected chi connectivity index (χ2v) is 5.01. The average Bonchev–Trinajstić information content (AvgIpc) is 2.68. The molecule has 2 fully saturated rings. The highest BCUT2D eigenvalue weighted by atomic mass is 16.6. The lowest BCUT2D eigenvalue weighted by Crippen LogP contribution is -2.46. The van der Waals surface area contributed by atoms with E-state index in [0.29, 0.717) is 12.5 Å². The Kier molecular flexibility index (Phi) is 3.33. The Morgan fingerprint density at radius 1 is 1.07 bits per heavy atom. The summed E-state index contributed by atoms with van der Waals surface area (Å²) in [7, 11) is 0. The van der Waals surface area contributed by atoms with Crippen molar-refractivity contribution in [3.05, 3.63) is 0 Å². The Morgan fingerprint density at radius 3 is 1.93 bits per heavy atom. The Labute approximate surface area is 92.7 Å². The van der Waals surface area contributed by atoms with Gasteiger partial charge >= 0.3 is 0 Å². The quantitative estimate of drug-likeness (QED) is 0.715. The first-order chi connectivity index (χ1) is 7.21.